The van der Waals surface area contributed by atoms with Gasteiger partial charge in [0.1, 0.15) is 17.7 Å². The third-order valence-electron chi connectivity index (χ3n) is 4.65. The molecule has 8 heteroatoms. The fourth-order valence-corrected chi connectivity index (χ4v) is 3.38. The van der Waals surface area contributed by atoms with Crippen LogP contribution < -0.4 is 0 Å². The number of aromatic nitrogens is 1. The van der Waals surface area contributed by atoms with Crippen molar-refractivity contribution in [1.82, 2.24) is 9.88 Å². The standard InChI is InChI=1S/C19H12F2N2O4/c20-11-5-6-12(21)16-15(11)17(24)23(18(16)25)14(19(26)27)7-9-8-22-13-4-2-1-3-10(9)13/h1-6,8,14,22H,7H2,(H,26,27)/t14-/m0/s1. The highest BCUT2D eigenvalue weighted by molar-refractivity contribution is 6.23. The second-order valence-electron chi connectivity index (χ2n) is 6.18. The van der Waals surface area contributed by atoms with E-state index in [0.717, 1.165) is 23.0 Å². The number of halogens is 2. The van der Waals surface area contributed by atoms with Gasteiger partial charge in [-0.3, -0.25) is 14.5 Å². The van der Waals surface area contributed by atoms with E-state index in [2.05, 4.69) is 4.98 Å². The molecular formula is C19H12F2N2O4. The molecule has 0 radical (unpaired) electrons. The molecule has 0 unspecified atom stereocenters. The number of amides is 2. The maximum absolute atomic E-state index is 14.0. The molecule has 0 bridgehead atoms. The number of carbonyl (C=O) groups is 3. The average Bonchev–Trinajstić information content (AvgIpc) is 3.16. The van der Waals surface area contributed by atoms with E-state index in [9.17, 15) is 28.3 Å². The van der Waals surface area contributed by atoms with Crippen LogP contribution in [-0.4, -0.2) is 38.8 Å². The van der Waals surface area contributed by atoms with Crippen molar-refractivity contribution in [3.63, 3.8) is 0 Å². The van der Waals surface area contributed by atoms with Crippen LogP contribution in [0.15, 0.2) is 42.6 Å². The van der Waals surface area contributed by atoms with Crippen molar-refractivity contribution in [2.75, 3.05) is 0 Å². The summed E-state index contributed by atoms with van der Waals surface area (Å²) in [6.45, 7) is 0. The lowest BCUT2D eigenvalue weighted by atomic mass is 10.0. The van der Waals surface area contributed by atoms with Gasteiger partial charge in [0.05, 0.1) is 11.1 Å². The van der Waals surface area contributed by atoms with Crippen LogP contribution in [0.3, 0.4) is 0 Å². The highest BCUT2D eigenvalue weighted by Crippen LogP contribution is 2.31. The van der Waals surface area contributed by atoms with E-state index in [-0.39, 0.29) is 6.42 Å². The number of benzene rings is 2. The van der Waals surface area contributed by atoms with E-state index >= 15 is 0 Å². The SMILES string of the molecule is O=C(O)[C@H](Cc1c[nH]c2ccccc12)N1C(=O)c2c(F)ccc(F)c2C1=O. The lowest BCUT2D eigenvalue weighted by molar-refractivity contribution is -0.141. The average molecular weight is 370 g/mol. The number of imide groups is 1. The van der Waals surface area contributed by atoms with E-state index in [1.807, 2.05) is 0 Å². The minimum Gasteiger partial charge on any atom is -0.480 e. The first-order chi connectivity index (χ1) is 12.9. The van der Waals surface area contributed by atoms with Crippen molar-refractivity contribution in [1.29, 1.82) is 0 Å². The van der Waals surface area contributed by atoms with Crippen molar-refractivity contribution in [2.24, 2.45) is 0 Å². The molecule has 6 nitrogen and oxygen atoms in total. The molecule has 0 spiro atoms. The molecule has 2 N–H and O–H groups in total. The normalized spacial score (nSPS) is 14.7. The van der Waals surface area contributed by atoms with Gasteiger partial charge in [-0.05, 0) is 23.8 Å². The molecule has 0 saturated heterocycles. The van der Waals surface area contributed by atoms with Crippen LogP contribution in [0.2, 0.25) is 0 Å². The van der Waals surface area contributed by atoms with Crippen LogP contribution in [-0.2, 0) is 11.2 Å². The zero-order chi connectivity index (χ0) is 19.3. The van der Waals surface area contributed by atoms with Gasteiger partial charge in [0.25, 0.3) is 11.8 Å². The first-order valence-electron chi connectivity index (χ1n) is 8.04. The number of nitrogens with zero attached hydrogens (tertiary/aromatic N) is 1. The number of aromatic amines is 1. The van der Waals surface area contributed by atoms with Crippen LogP contribution in [0, 0.1) is 11.6 Å². The van der Waals surface area contributed by atoms with Crippen molar-refractivity contribution in [2.45, 2.75) is 12.5 Å². The van der Waals surface area contributed by atoms with Gasteiger partial charge in [-0.25, -0.2) is 13.6 Å². The van der Waals surface area contributed by atoms with E-state index in [1.54, 1.807) is 30.5 Å². The van der Waals surface area contributed by atoms with Gasteiger partial charge < -0.3 is 10.1 Å². The molecular weight excluding hydrogens is 358 g/mol. The molecule has 1 aliphatic rings. The summed E-state index contributed by atoms with van der Waals surface area (Å²) >= 11 is 0. The molecule has 0 saturated carbocycles. The van der Waals surface area contributed by atoms with Crippen molar-refractivity contribution >= 4 is 28.7 Å². The highest BCUT2D eigenvalue weighted by Gasteiger charge is 2.46. The summed E-state index contributed by atoms with van der Waals surface area (Å²) in [5.74, 6) is -5.89. The molecule has 2 aromatic carbocycles. The Balaban J connectivity index is 1.77. The lowest BCUT2D eigenvalue weighted by Gasteiger charge is -2.22. The van der Waals surface area contributed by atoms with Gasteiger partial charge in [-0.2, -0.15) is 0 Å². The van der Waals surface area contributed by atoms with Crippen LogP contribution in [0.4, 0.5) is 8.78 Å². The minimum atomic E-state index is -1.60. The largest absolute Gasteiger partial charge is 0.480 e. The molecule has 0 fully saturated rings. The summed E-state index contributed by atoms with van der Waals surface area (Å²) in [5, 5.41) is 10.3. The molecule has 136 valence electrons. The van der Waals surface area contributed by atoms with Crippen molar-refractivity contribution in [3.05, 3.63) is 70.9 Å². The number of carboxylic acid groups (broad SMARTS) is 1. The summed E-state index contributed by atoms with van der Waals surface area (Å²) < 4.78 is 28.0. The van der Waals surface area contributed by atoms with Gasteiger partial charge in [0, 0.05) is 23.5 Å². The Morgan fingerprint density at radius 3 is 2.22 bits per heavy atom. The topological polar surface area (TPSA) is 90.5 Å². The Morgan fingerprint density at radius 2 is 1.63 bits per heavy atom. The number of aliphatic carboxylic acids is 1. The molecule has 2 amide bonds. The predicted octanol–water partition coefficient (Wildman–Crippen LogP) is 2.74. The number of fused-ring (bicyclic) bond motifs is 2. The molecule has 1 atom stereocenters. The van der Waals surface area contributed by atoms with E-state index in [4.69, 9.17) is 0 Å². The fourth-order valence-electron chi connectivity index (χ4n) is 3.38. The van der Waals surface area contributed by atoms with Gasteiger partial charge in [-0.15, -0.1) is 0 Å². The molecule has 27 heavy (non-hydrogen) atoms. The molecule has 2 heterocycles. The highest BCUT2D eigenvalue weighted by atomic mass is 19.1. The summed E-state index contributed by atoms with van der Waals surface area (Å²) in [5.41, 5.74) is -0.137. The second-order valence-corrected chi connectivity index (χ2v) is 6.18. The fraction of sp³-hybridized carbons (Fsp3) is 0.105. The maximum Gasteiger partial charge on any atom is 0.327 e. The van der Waals surface area contributed by atoms with E-state index in [1.165, 1.54) is 0 Å². The van der Waals surface area contributed by atoms with E-state index in [0.29, 0.717) is 10.5 Å². The number of rotatable bonds is 4. The van der Waals surface area contributed by atoms with Crippen LogP contribution >= 0.6 is 0 Å². The summed E-state index contributed by atoms with van der Waals surface area (Å²) in [7, 11) is 0. The van der Waals surface area contributed by atoms with Gasteiger partial charge in [-0.1, -0.05) is 18.2 Å². The van der Waals surface area contributed by atoms with Crippen LogP contribution in [0.1, 0.15) is 26.3 Å². The molecule has 1 aliphatic heterocycles. The summed E-state index contributed by atoms with van der Waals surface area (Å²) in [4.78, 5) is 40.3. The second kappa shape index (κ2) is 6.01. The maximum atomic E-state index is 14.0. The smallest absolute Gasteiger partial charge is 0.327 e. The van der Waals surface area contributed by atoms with Crippen LogP contribution in [0.25, 0.3) is 10.9 Å². The zero-order valence-corrected chi connectivity index (χ0v) is 13.7. The molecule has 0 aliphatic carbocycles. The number of hydrogen-bond donors (Lipinski definition) is 2. The molecule has 1 aromatic heterocycles. The Kier molecular flexibility index (Phi) is 3.76. The van der Waals surface area contributed by atoms with E-state index < -0.39 is 46.6 Å². The number of para-hydroxylation sites is 1. The number of nitrogens with one attached hydrogen (secondary N) is 1. The number of carbonyl (C=O) groups excluding carboxylic acids is 2. The Labute approximate surface area is 151 Å². The zero-order valence-electron chi connectivity index (χ0n) is 13.7. The first kappa shape index (κ1) is 16.9. The predicted molar refractivity (Wildman–Crippen MR) is 90.3 cm³/mol. The third-order valence-corrected chi connectivity index (χ3v) is 4.65. The number of carboxylic acids is 1. The molecule has 4 rings (SSSR count). The number of H-pyrrole nitrogens is 1. The molecule has 3 aromatic rings. The van der Waals surface area contributed by atoms with Gasteiger partial charge >= 0.3 is 5.97 Å². The van der Waals surface area contributed by atoms with Crippen LogP contribution in [0.5, 0.6) is 0 Å². The Bertz CT molecular complexity index is 1080. The monoisotopic (exact) mass is 370 g/mol. The third kappa shape index (κ3) is 2.49. The summed E-state index contributed by atoms with van der Waals surface area (Å²) in [6, 6.07) is 6.99. The first-order valence-corrected chi connectivity index (χ1v) is 8.04. The minimum absolute atomic E-state index is 0.200. The Morgan fingerprint density at radius 1 is 1.04 bits per heavy atom. The van der Waals surface area contributed by atoms with Gasteiger partial charge in [0.15, 0.2) is 0 Å². The lowest BCUT2D eigenvalue weighted by Crippen LogP contribution is -2.46. The summed E-state index contributed by atoms with van der Waals surface area (Å²) in [6.07, 6.45) is 1.38. The van der Waals surface area contributed by atoms with Gasteiger partial charge in [0.2, 0.25) is 0 Å². The van der Waals surface area contributed by atoms with Crippen molar-refractivity contribution in [3.8, 4) is 0 Å². The quantitative estimate of drug-likeness (QED) is 0.691. The van der Waals surface area contributed by atoms with Crippen molar-refractivity contribution < 1.29 is 28.3 Å². The Hall–Kier alpha value is -3.55. The number of hydrogen-bond acceptors (Lipinski definition) is 3.